The van der Waals surface area contributed by atoms with Gasteiger partial charge in [0.15, 0.2) is 18.9 Å². The van der Waals surface area contributed by atoms with Gasteiger partial charge in [0.1, 0.15) is 61.0 Å². The van der Waals surface area contributed by atoms with E-state index < -0.39 is 124 Å². The summed E-state index contributed by atoms with van der Waals surface area (Å²) < 4.78 is 95.8. The SMILES string of the molecule is C[C@@H]1O[C@@H](O[C@H]2[C@H](OCCCNC(=O)C(F)(F)F)O[C@H](CO)[C@H](O)[C@@H]2O[C@H]2O[C@H](CO)[C@@H](O)[C@H](O)[C@H]2N=[N+]=[N-])[C@@H](OCc2ccccc2)[C@H](OCc2ccccc2)[C@@H]1OCc1ccccc1. The molecule has 0 spiro atoms. The first kappa shape index (κ1) is 51.1. The van der Waals surface area contributed by atoms with Crippen LogP contribution in [0.1, 0.15) is 30.0 Å². The predicted molar refractivity (Wildman–Crippen MR) is 221 cm³/mol. The zero-order chi connectivity index (χ0) is 47.2. The van der Waals surface area contributed by atoms with Gasteiger partial charge in [-0.25, -0.2) is 0 Å². The van der Waals surface area contributed by atoms with Crippen LogP contribution in [0.3, 0.4) is 0 Å². The summed E-state index contributed by atoms with van der Waals surface area (Å²) >= 11 is 0. The second-order valence-electron chi connectivity index (χ2n) is 15.8. The molecule has 1 amide bonds. The Morgan fingerprint density at radius 1 is 0.667 bits per heavy atom. The standard InChI is InChI=1S/C44H55F3N4O15/c1-25-35(59-22-26-12-5-2-6-13-26)37(60-23-27-14-7-3-8-15-27)38(61-24-28-16-9-4-10-17-28)42(62-25)66-39-36(65-40-31(50-51-48)34(56)32(54)29(20-52)63-40)33(55)30(21-53)64-41(39)58-19-11-18-49-43(57)44(45,46)47/h2-10,12-17,25,29-42,52-56H,11,18-24H2,1H3,(H,49,57)/t25-,29+,30+,31+,32+,33-,34+,35+,36-,37+,38-,39+,40+,41+,42-/m0/s1. The average Bonchev–Trinajstić information content (AvgIpc) is 3.32. The smallest absolute Gasteiger partial charge is 0.394 e. The lowest BCUT2D eigenvalue weighted by molar-refractivity contribution is -0.390. The van der Waals surface area contributed by atoms with Gasteiger partial charge in [0.25, 0.3) is 0 Å². The van der Waals surface area contributed by atoms with E-state index in [0.29, 0.717) is 0 Å². The lowest BCUT2D eigenvalue weighted by atomic mass is 9.95. The summed E-state index contributed by atoms with van der Waals surface area (Å²) in [6.07, 6.45) is -25.6. The Morgan fingerprint density at radius 3 is 1.70 bits per heavy atom. The van der Waals surface area contributed by atoms with Crippen LogP contribution < -0.4 is 5.32 Å². The molecule has 3 fully saturated rings. The zero-order valence-corrected chi connectivity index (χ0v) is 35.8. The summed E-state index contributed by atoms with van der Waals surface area (Å²) in [6.45, 7) is -0.527. The molecule has 3 aliphatic rings. The van der Waals surface area contributed by atoms with Gasteiger partial charge in [0, 0.05) is 11.5 Å². The molecule has 0 unspecified atom stereocenters. The highest BCUT2D eigenvalue weighted by Crippen LogP contribution is 2.37. The Bertz CT molecular complexity index is 1960. The van der Waals surface area contributed by atoms with E-state index in [-0.39, 0.29) is 32.8 Å². The highest BCUT2D eigenvalue weighted by molar-refractivity contribution is 5.81. The molecule has 3 aromatic carbocycles. The third-order valence-corrected chi connectivity index (χ3v) is 11.1. The minimum atomic E-state index is -5.13. The molecule has 0 radical (unpaired) electrons. The van der Waals surface area contributed by atoms with Crippen LogP contribution in [0.25, 0.3) is 10.4 Å². The number of ether oxygens (including phenoxy) is 9. The van der Waals surface area contributed by atoms with E-state index in [1.165, 1.54) is 0 Å². The maximum Gasteiger partial charge on any atom is 0.471 e. The van der Waals surface area contributed by atoms with Crippen molar-refractivity contribution in [2.24, 2.45) is 5.11 Å². The number of rotatable bonds is 21. The van der Waals surface area contributed by atoms with Crippen LogP contribution in [0.4, 0.5) is 13.2 Å². The Morgan fingerprint density at radius 2 is 1.17 bits per heavy atom. The number of azide groups is 1. The minimum Gasteiger partial charge on any atom is -0.394 e. The van der Waals surface area contributed by atoms with Gasteiger partial charge in [-0.15, -0.1) is 0 Å². The molecule has 6 rings (SSSR count). The second-order valence-corrected chi connectivity index (χ2v) is 15.8. The molecule has 0 aliphatic carbocycles. The average molecular weight is 937 g/mol. The van der Waals surface area contributed by atoms with Gasteiger partial charge in [-0.1, -0.05) is 96.1 Å². The van der Waals surface area contributed by atoms with Crippen LogP contribution in [0.2, 0.25) is 0 Å². The molecule has 362 valence electrons. The van der Waals surface area contributed by atoms with Gasteiger partial charge in [-0.2, -0.15) is 13.2 Å². The monoisotopic (exact) mass is 936 g/mol. The Labute approximate surface area is 377 Å². The summed E-state index contributed by atoms with van der Waals surface area (Å²) in [5, 5.41) is 59.0. The Hall–Kier alpha value is -4.33. The Balaban J connectivity index is 1.36. The fraction of sp³-hybridized carbons (Fsp3) is 0.568. The number of carbonyl (C=O) groups excluding carboxylic acids is 1. The van der Waals surface area contributed by atoms with Gasteiger partial charge in [-0.05, 0) is 35.6 Å². The van der Waals surface area contributed by atoms with E-state index in [1.807, 2.05) is 91.0 Å². The van der Waals surface area contributed by atoms with Crippen molar-refractivity contribution in [2.75, 3.05) is 26.4 Å². The van der Waals surface area contributed by atoms with Crippen molar-refractivity contribution < 1.29 is 86.1 Å². The van der Waals surface area contributed by atoms with Crippen LogP contribution in [0.15, 0.2) is 96.1 Å². The molecular formula is C44H55F3N4O15. The molecule has 0 bridgehead atoms. The number of carbonyl (C=O) groups is 1. The maximum absolute atomic E-state index is 12.9. The number of halogens is 3. The van der Waals surface area contributed by atoms with E-state index in [2.05, 4.69) is 10.0 Å². The third kappa shape index (κ3) is 13.4. The number of aliphatic hydroxyl groups is 5. The maximum atomic E-state index is 12.9. The number of amides is 1. The van der Waals surface area contributed by atoms with Gasteiger partial charge >= 0.3 is 12.1 Å². The molecule has 3 aromatic rings. The molecule has 15 atom stereocenters. The molecule has 3 heterocycles. The number of nitrogens with one attached hydrogen (secondary N) is 1. The molecule has 0 aromatic heterocycles. The highest BCUT2D eigenvalue weighted by Gasteiger charge is 2.55. The molecule has 3 aliphatic heterocycles. The molecule has 22 heteroatoms. The lowest BCUT2D eigenvalue weighted by Gasteiger charge is -2.50. The van der Waals surface area contributed by atoms with Crippen molar-refractivity contribution in [3.05, 3.63) is 118 Å². The zero-order valence-electron chi connectivity index (χ0n) is 35.8. The van der Waals surface area contributed by atoms with Crippen molar-refractivity contribution in [3.8, 4) is 0 Å². The number of benzene rings is 3. The van der Waals surface area contributed by atoms with E-state index in [0.717, 1.165) is 16.7 Å². The quantitative estimate of drug-likeness (QED) is 0.0388. The Kier molecular flexibility index (Phi) is 19.1. The van der Waals surface area contributed by atoms with Gasteiger partial charge in [0.05, 0.1) is 51.8 Å². The van der Waals surface area contributed by atoms with E-state index in [9.17, 15) is 49.0 Å². The summed E-state index contributed by atoms with van der Waals surface area (Å²) in [5.74, 6) is -2.16. The van der Waals surface area contributed by atoms with Gasteiger partial charge in [-0.3, -0.25) is 4.79 Å². The second kappa shape index (κ2) is 24.6. The van der Waals surface area contributed by atoms with Crippen molar-refractivity contribution >= 4 is 5.91 Å². The number of aliphatic hydroxyl groups excluding tert-OH is 5. The van der Waals surface area contributed by atoms with Crippen LogP contribution >= 0.6 is 0 Å². The van der Waals surface area contributed by atoms with E-state index in [1.54, 1.807) is 12.2 Å². The first-order chi connectivity index (χ1) is 31.8. The summed E-state index contributed by atoms with van der Waals surface area (Å²) in [6, 6.07) is 26.2. The van der Waals surface area contributed by atoms with Crippen molar-refractivity contribution in [2.45, 2.75) is 131 Å². The summed E-state index contributed by atoms with van der Waals surface area (Å²) in [5.41, 5.74) is 11.8. The van der Waals surface area contributed by atoms with Gasteiger partial charge in [0.2, 0.25) is 0 Å². The third-order valence-electron chi connectivity index (χ3n) is 11.1. The topological polar surface area (TPSA) is 262 Å². The fourth-order valence-corrected chi connectivity index (χ4v) is 7.70. The van der Waals surface area contributed by atoms with E-state index >= 15 is 0 Å². The molecule has 66 heavy (non-hydrogen) atoms. The number of hydrogen-bond acceptors (Lipinski definition) is 16. The van der Waals surface area contributed by atoms with Crippen molar-refractivity contribution in [1.29, 1.82) is 0 Å². The normalized spacial score (nSPS) is 32.6. The molecule has 3 saturated heterocycles. The van der Waals surface area contributed by atoms with E-state index in [4.69, 9.17) is 42.6 Å². The number of nitrogens with zero attached hydrogens (tertiary/aromatic N) is 3. The van der Waals surface area contributed by atoms with Crippen LogP contribution in [-0.4, -0.2) is 156 Å². The van der Waals surface area contributed by atoms with Crippen molar-refractivity contribution in [3.63, 3.8) is 0 Å². The van der Waals surface area contributed by atoms with Crippen molar-refractivity contribution in [1.82, 2.24) is 5.32 Å². The number of alkyl halides is 3. The van der Waals surface area contributed by atoms with Gasteiger partial charge < -0.3 is 73.5 Å². The highest BCUT2D eigenvalue weighted by atomic mass is 19.4. The first-order valence-corrected chi connectivity index (χ1v) is 21.3. The molecule has 0 saturated carbocycles. The van der Waals surface area contributed by atoms with Crippen LogP contribution in [0, 0.1) is 0 Å². The number of hydrogen-bond donors (Lipinski definition) is 6. The first-order valence-electron chi connectivity index (χ1n) is 21.3. The fourth-order valence-electron chi connectivity index (χ4n) is 7.70. The molecule has 6 N–H and O–H groups in total. The summed E-state index contributed by atoms with van der Waals surface area (Å²) in [7, 11) is 0. The lowest BCUT2D eigenvalue weighted by Crippen LogP contribution is -2.67. The molecular weight excluding hydrogens is 881 g/mol. The minimum absolute atomic E-state index is 0.00606. The van der Waals surface area contributed by atoms with Crippen LogP contribution in [0.5, 0.6) is 0 Å². The van der Waals surface area contributed by atoms with Crippen LogP contribution in [-0.2, 0) is 67.2 Å². The molecule has 19 nitrogen and oxygen atoms in total. The largest absolute Gasteiger partial charge is 0.471 e. The predicted octanol–water partition coefficient (Wildman–Crippen LogP) is 2.54. The summed E-state index contributed by atoms with van der Waals surface area (Å²) in [4.78, 5) is 14.2.